The van der Waals surface area contributed by atoms with Crippen molar-refractivity contribution in [1.82, 2.24) is 0 Å². The summed E-state index contributed by atoms with van der Waals surface area (Å²) in [6.07, 6.45) is 17.5. The SMILES string of the molecule is Ic1ccc2cc(C3=CC=C4C5=C(C=CCC5)C=CC4C3)ccc2c1. The molecule has 0 N–H and O–H groups in total. The molecule has 0 heterocycles. The first-order valence-electron chi connectivity index (χ1n) is 8.97. The third kappa shape index (κ3) is 2.75. The van der Waals surface area contributed by atoms with Gasteiger partial charge in [-0.3, -0.25) is 0 Å². The molecule has 1 unspecified atom stereocenters. The Labute approximate surface area is 162 Å². The summed E-state index contributed by atoms with van der Waals surface area (Å²) in [7, 11) is 0. The second-order valence-electron chi connectivity index (χ2n) is 7.06. The van der Waals surface area contributed by atoms with Crippen molar-refractivity contribution in [2.75, 3.05) is 0 Å². The summed E-state index contributed by atoms with van der Waals surface area (Å²) >= 11 is 2.38. The van der Waals surface area contributed by atoms with Gasteiger partial charge in [-0.1, -0.05) is 54.7 Å². The molecular weight excluding hydrogens is 415 g/mol. The highest BCUT2D eigenvalue weighted by Crippen LogP contribution is 2.42. The normalized spacial score (nSPS) is 21.7. The van der Waals surface area contributed by atoms with E-state index >= 15 is 0 Å². The molecule has 2 aromatic rings. The van der Waals surface area contributed by atoms with Gasteiger partial charge in [0.15, 0.2) is 0 Å². The quantitative estimate of drug-likeness (QED) is 0.425. The highest BCUT2D eigenvalue weighted by molar-refractivity contribution is 14.1. The topological polar surface area (TPSA) is 0 Å². The van der Waals surface area contributed by atoms with Crippen molar-refractivity contribution in [2.45, 2.75) is 19.3 Å². The van der Waals surface area contributed by atoms with E-state index in [1.165, 1.54) is 43.9 Å². The lowest BCUT2D eigenvalue weighted by molar-refractivity contribution is 0.750. The minimum atomic E-state index is 0.540. The molecule has 122 valence electrons. The Morgan fingerprint density at radius 3 is 2.76 bits per heavy atom. The molecule has 25 heavy (non-hydrogen) atoms. The Morgan fingerprint density at radius 2 is 1.80 bits per heavy atom. The van der Waals surface area contributed by atoms with Crippen molar-refractivity contribution in [3.05, 3.63) is 98.7 Å². The summed E-state index contributed by atoms with van der Waals surface area (Å²) < 4.78 is 1.29. The van der Waals surface area contributed by atoms with Gasteiger partial charge in [-0.2, -0.15) is 0 Å². The van der Waals surface area contributed by atoms with E-state index in [2.05, 4.69) is 95.4 Å². The first kappa shape index (κ1) is 15.4. The van der Waals surface area contributed by atoms with Gasteiger partial charge in [0, 0.05) is 9.49 Å². The van der Waals surface area contributed by atoms with Gasteiger partial charge in [0.2, 0.25) is 0 Å². The molecule has 0 bridgehead atoms. The van der Waals surface area contributed by atoms with Crippen LogP contribution < -0.4 is 0 Å². The molecule has 0 saturated heterocycles. The average Bonchev–Trinajstić information content (AvgIpc) is 2.67. The highest BCUT2D eigenvalue weighted by atomic mass is 127. The fourth-order valence-corrected chi connectivity index (χ4v) is 4.74. The lowest BCUT2D eigenvalue weighted by atomic mass is 9.74. The minimum absolute atomic E-state index is 0.540. The number of rotatable bonds is 1. The summed E-state index contributed by atoms with van der Waals surface area (Å²) in [6.45, 7) is 0. The molecule has 1 atom stereocenters. The van der Waals surface area contributed by atoms with Crippen LogP contribution in [0, 0.1) is 9.49 Å². The van der Waals surface area contributed by atoms with Crippen molar-refractivity contribution in [3.8, 4) is 0 Å². The number of hydrogen-bond acceptors (Lipinski definition) is 0. The van der Waals surface area contributed by atoms with E-state index in [9.17, 15) is 0 Å². The number of halogens is 1. The molecule has 5 rings (SSSR count). The predicted molar refractivity (Wildman–Crippen MR) is 115 cm³/mol. The number of hydrogen-bond donors (Lipinski definition) is 0. The molecule has 3 aliphatic rings. The fraction of sp³-hybridized carbons (Fsp3) is 0.167. The molecule has 2 aromatic carbocycles. The zero-order chi connectivity index (χ0) is 16.8. The van der Waals surface area contributed by atoms with Gasteiger partial charge in [-0.25, -0.2) is 0 Å². The summed E-state index contributed by atoms with van der Waals surface area (Å²) in [5, 5.41) is 2.65. The maximum atomic E-state index is 2.40. The Balaban J connectivity index is 1.54. The van der Waals surface area contributed by atoms with Gasteiger partial charge in [0.05, 0.1) is 0 Å². The van der Waals surface area contributed by atoms with Crippen LogP contribution in [0.4, 0.5) is 0 Å². The molecule has 1 heteroatoms. The van der Waals surface area contributed by atoms with Gasteiger partial charge >= 0.3 is 0 Å². The Hall–Kier alpha value is -1.87. The van der Waals surface area contributed by atoms with Crippen LogP contribution in [0.1, 0.15) is 24.8 Å². The van der Waals surface area contributed by atoms with E-state index in [0.29, 0.717) is 5.92 Å². The molecule has 3 aliphatic carbocycles. The molecular formula is C24H19I. The maximum absolute atomic E-state index is 2.40. The van der Waals surface area contributed by atoms with Crippen LogP contribution in [0.5, 0.6) is 0 Å². The first-order valence-corrected chi connectivity index (χ1v) is 10.0. The third-order valence-electron chi connectivity index (χ3n) is 5.54. The second kappa shape index (κ2) is 6.14. The van der Waals surface area contributed by atoms with Crippen LogP contribution in [0.15, 0.2) is 89.6 Å². The van der Waals surface area contributed by atoms with E-state index in [1.807, 2.05) is 0 Å². The van der Waals surface area contributed by atoms with Crippen LogP contribution in [-0.2, 0) is 0 Å². The third-order valence-corrected chi connectivity index (χ3v) is 6.21. The zero-order valence-corrected chi connectivity index (χ0v) is 16.2. The van der Waals surface area contributed by atoms with Gasteiger partial charge in [0.1, 0.15) is 0 Å². The number of fused-ring (bicyclic) bond motifs is 3. The molecule has 0 aromatic heterocycles. The zero-order valence-electron chi connectivity index (χ0n) is 14.0. The largest absolute Gasteiger partial charge is 0.0836 e. The molecule has 0 saturated carbocycles. The highest BCUT2D eigenvalue weighted by Gasteiger charge is 2.25. The van der Waals surface area contributed by atoms with Crippen LogP contribution in [0.3, 0.4) is 0 Å². The minimum Gasteiger partial charge on any atom is -0.0836 e. The van der Waals surface area contributed by atoms with Gasteiger partial charge in [0.25, 0.3) is 0 Å². The van der Waals surface area contributed by atoms with Crippen LogP contribution in [0.2, 0.25) is 0 Å². The number of allylic oxidation sites excluding steroid dienone is 10. The monoisotopic (exact) mass is 434 g/mol. The van der Waals surface area contributed by atoms with Gasteiger partial charge < -0.3 is 0 Å². The van der Waals surface area contributed by atoms with E-state index in [0.717, 1.165) is 6.42 Å². The smallest absolute Gasteiger partial charge is 0.0136 e. The van der Waals surface area contributed by atoms with E-state index < -0.39 is 0 Å². The van der Waals surface area contributed by atoms with Crippen molar-refractivity contribution >= 4 is 38.9 Å². The second-order valence-corrected chi connectivity index (χ2v) is 8.31. The summed E-state index contributed by atoms with van der Waals surface area (Å²) in [5.41, 5.74) is 7.35. The van der Waals surface area contributed by atoms with E-state index in [1.54, 1.807) is 11.1 Å². The lowest BCUT2D eigenvalue weighted by Gasteiger charge is -2.30. The van der Waals surface area contributed by atoms with Crippen molar-refractivity contribution in [3.63, 3.8) is 0 Å². The standard InChI is InChI=1S/C24H19I/c25-22-11-9-18-13-17(6-7-20(18)15-22)19-10-12-24-21(14-19)8-5-16-3-1-2-4-23(16)24/h1,3,5-13,15,21H,2,4,14H2. The number of benzene rings is 2. The fourth-order valence-electron chi connectivity index (χ4n) is 4.23. The van der Waals surface area contributed by atoms with Crippen molar-refractivity contribution < 1.29 is 0 Å². The van der Waals surface area contributed by atoms with Crippen LogP contribution in [0.25, 0.3) is 16.3 Å². The van der Waals surface area contributed by atoms with Gasteiger partial charge in [-0.15, -0.1) is 0 Å². The van der Waals surface area contributed by atoms with E-state index in [4.69, 9.17) is 0 Å². The molecule has 0 fully saturated rings. The Bertz CT molecular complexity index is 1030. The summed E-state index contributed by atoms with van der Waals surface area (Å²) in [6, 6.07) is 13.6. The maximum Gasteiger partial charge on any atom is 0.0136 e. The lowest BCUT2D eigenvalue weighted by Crippen LogP contribution is -2.14. The first-order chi connectivity index (χ1) is 12.3. The molecule has 0 nitrogen and oxygen atoms in total. The molecule has 0 amide bonds. The van der Waals surface area contributed by atoms with Crippen molar-refractivity contribution in [2.24, 2.45) is 5.92 Å². The Morgan fingerprint density at radius 1 is 0.920 bits per heavy atom. The summed E-state index contributed by atoms with van der Waals surface area (Å²) in [5.74, 6) is 0.540. The van der Waals surface area contributed by atoms with Gasteiger partial charge in [-0.05, 0) is 98.7 Å². The average molecular weight is 434 g/mol. The summed E-state index contributed by atoms with van der Waals surface area (Å²) in [4.78, 5) is 0. The van der Waals surface area contributed by atoms with Crippen LogP contribution in [-0.4, -0.2) is 0 Å². The van der Waals surface area contributed by atoms with Crippen LogP contribution >= 0.6 is 22.6 Å². The van der Waals surface area contributed by atoms with E-state index in [-0.39, 0.29) is 0 Å². The predicted octanol–water partition coefficient (Wildman–Crippen LogP) is 6.99. The molecule has 0 radical (unpaired) electrons. The molecule has 0 spiro atoms. The molecule has 0 aliphatic heterocycles. The Kier molecular flexibility index (Phi) is 3.78. The van der Waals surface area contributed by atoms with Crippen molar-refractivity contribution in [1.29, 1.82) is 0 Å².